The summed E-state index contributed by atoms with van der Waals surface area (Å²) in [5.74, 6) is 1.53. The zero-order valence-corrected chi connectivity index (χ0v) is 14.0. The predicted molar refractivity (Wildman–Crippen MR) is 87.0 cm³/mol. The van der Waals surface area contributed by atoms with Crippen LogP contribution in [0.4, 0.5) is 0 Å². The van der Waals surface area contributed by atoms with E-state index in [1.807, 2.05) is 24.3 Å². The highest BCUT2D eigenvalue weighted by Crippen LogP contribution is 2.41. The lowest BCUT2D eigenvalue weighted by molar-refractivity contribution is 0.383. The molecule has 0 saturated carbocycles. The monoisotopic (exact) mass is 350 g/mol. The van der Waals surface area contributed by atoms with Gasteiger partial charge in [0.1, 0.15) is 16.0 Å². The number of rotatable bonds is 6. The molecule has 2 rings (SSSR count). The molecule has 0 radical (unpaired) electrons. The van der Waals surface area contributed by atoms with E-state index in [9.17, 15) is 0 Å². The van der Waals surface area contributed by atoms with Crippen LogP contribution in [0.5, 0.6) is 11.5 Å². The third-order valence-electron chi connectivity index (χ3n) is 3.27. The third-order valence-corrected chi connectivity index (χ3v) is 4.03. The molecular formula is C16H19BrN2O2. The first-order chi connectivity index (χ1) is 10.2. The fourth-order valence-corrected chi connectivity index (χ4v) is 3.00. The smallest absolute Gasteiger partial charge is 0.141 e. The van der Waals surface area contributed by atoms with E-state index in [0.717, 1.165) is 33.6 Å². The van der Waals surface area contributed by atoms with Gasteiger partial charge in [-0.1, -0.05) is 6.92 Å². The van der Waals surface area contributed by atoms with E-state index in [1.54, 1.807) is 26.6 Å². The van der Waals surface area contributed by atoms with Crippen molar-refractivity contribution in [1.82, 2.24) is 10.3 Å². The maximum absolute atomic E-state index is 5.58. The molecule has 0 aliphatic carbocycles. The van der Waals surface area contributed by atoms with E-state index >= 15 is 0 Å². The Labute approximate surface area is 133 Å². The van der Waals surface area contributed by atoms with Crippen molar-refractivity contribution in [3.05, 3.63) is 52.3 Å². The Hall–Kier alpha value is -1.59. The lowest BCUT2D eigenvalue weighted by atomic mass is 9.98. The number of pyridine rings is 1. The van der Waals surface area contributed by atoms with E-state index in [-0.39, 0.29) is 6.04 Å². The van der Waals surface area contributed by atoms with E-state index < -0.39 is 0 Å². The molecule has 0 fully saturated rings. The van der Waals surface area contributed by atoms with Gasteiger partial charge in [0, 0.05) is 18.0 Å². The highest BCUT2D eigenvalue weighted by atomic mass is 79.9. The second kappa shape index (κ2) is 7.43. The van der Waals surface area contributed by atoms with Crippen LogP contribution in [0, 0.1) is 0 Å². The molecule has 0 aliphatic heterocycles. The molecule has 5 heteroatoms. The third kappa shape index (κ3) is 3.36. The van der Waals surface area contributed by atoms with Gasteiger partial charge in [0.25, 0.3) is 0 Å². The molecule has 4 nitrogen and oxygen atoms in total. The van der Waals surface area contributed by atoms with Crippen LogP contribution in [0.2, 0.25) is 0 Å². The first-order valence-corrected chi connectivity index (χ1v) is 7.55. The van der Waals surface area contributed by atoms with Crippen LogP contribution in [0.1, 0.15) is 24.1 Å². The van der Waals surface area contributed by atoms with Gasteiger partial charge in [-0.05, 0) is 52.3 Å². The molecule has 1 unspecified atom stereocenters. The molecule has 21 heavy (non-hydrogen) atoms. The van der Waals surface area contributed by atoms with Crippen molar-refractivity contribution in [3.8, 4) is 11.5 Å². The summed E-state index contributed by atoms with van der Waals surface area (Å²) in [7, 11) is 3.31. The number of methoxy groups -OCH3 is 2. The van der Waals surface area contributed by atoms with Gasteiger partial charge in [-0.3, -0.25) is 4.98 Å². The zero-order chi connectivity index (χ0) is 15.2. The molecule has 0 aliphatic rings. The second-order valence-corrected chi connectivity index (χ2v) is 5.27. The van der Waals surface area contributed by atoms with E-state index in [4.69, 9.17) is 9.47 Å². The Kier molecular flexibility index (Phi) is 5.59. The fourth-order valence-electron chi connectivity index (χ4n) is 2.31. The lowest BCUT2D eigenvalue weighted by Gasteiger charge is -2.22. The van der Waals surface area contributed by atoms with Crippen LogP contribution in [0.15, 0.2) is 41.1 Å². The summed E-state index contributed by atoms with van der Waals surface area (Å²) < 4.78 is 11.7. The van der Waals surface area contributed by atoms with Gasteiger partial charge in [0.05, 0.1) is 20.3 Å². The van der Waals surface area contributed by atoms with Gasteiger partial charge < -0.3 is 14.8 Å². The first-order valence-electron chi connectivity index (χ1n) is 6.76. The van der Waals surface area contributed by atoms with Crippen LogP contribution in [0.3, 0.4) is 0 Å². The molecule has 0 saturated heterocycles. The molecule has 1 aromatic heterocycles. The molecule has 0 amide bonds. The lowest BCUT2D eigenvalue weighted by Crippen LogP contribution is -2.22. The molecule has 1 atom stereocenters. The molecule has 1 aromatic carbocycles. The minimum atomic E-state index is 0.0372. The maximum atomic E-state index is 5.58. The van der Waals surface area contributed by atoms with Gasteiger partial charge in [-0.15, -0.1) is 0 Å². The van der Waals surface area contributed by atoms with E-state index in [0.29, 0.717) is 0 Å². The second-order valence-electron chi connectivity index (χ2n) is 4.48. The van der Waals surface area contributed by atoms with Crippen molar-refractivity contribution < 1.29 is 9.47 Å². The maximum Gasteiger partial charge on any atom is 0.141 e. The van der Waals surface area contributed by atoms with Crippen LogP contribution in [-0.2, 0) is 0 Å². The zero-order valence-electron chi connectivity index (χ0n) is 12.4. The number of nitrogens with zero attached hydrogens (tertiary/aromatic N) is 1. The van der Waals surface area contributed by atoms with Gasteiger partial charge in [-0.2, -0.15) is 0 Å². The Bertz CT molecular complexity index is 590. The number of nitrogens with one attached hydrogen (secondary N) is 1. The van der Waals surface area contributed by atoms with Gasteiger partial charge in [0.2, 0.25) is 0 Å². The summed E-state index contributed by atoms with van der Waals surface area (Å²) in [6.07, 6.45) is 3.59. The van der Waals surface area contributed by atoms with E-state index in [1.165, 1.54) is 0 Å². The highest BCUT2D eigenvalue weighted by molar-refractivity contribution is 9.10. The number of hydrogen-bond donors (Lipinski definition) is 1. The van der Waals surface area contributed by atoms with E-state index in [2.05, 4.69) is 33.2 Å². The van der Waals surface area contributed by atoms with Crippen molar-refractivity contribution >= 4 is 15.9 Å². The summed E-state index contributed by atoms with van der Waals surface area (Å²) in [6.45, 7) is 2.93. The number of aromatic nitrogens is 1. The molecule has 0 spiro atoms. The summed E-state index contributed by atoms with van der Waals surface area (Å²) >= 11 is 3.55. The molecule has 0 bridgehead atoms. The van der Waals surface area contributed by atoms with Crippen molar-refractivity contribution in [3.63, 3.8) is 0 Å². The summed E-state index contributed by atoms with van der Waals surface area (Å²) in [5.41, 5.74) is 2.19. The Balaban J connectivity index is 2.53. The summed E-state index contributed by atoms with van der Waals surface area (Å²) in [4.78, 5) is 4.08. The van der Waals surface area contributed by atoms with Crippen LogP contribution in [-0.4, -0.2) is 25.7 Å². The number of benzene rings is 1. The Morgan fingerprint density at radius 1 is 1.14 bits per heavy atom. The number of ether oxygens (including phenoxy) is 2. The Morgan fingerprint density at radius 3 is 2.43 bits per heavy atom. The predicted octanol–water partition coefficient (Wildman–Crippen LogP) is 3.56. The molecule has 2 aromatic rings. The normalized spacial score (nSPS) is 12.0. The SMILES string of the molecule is CCNC(c1ccncc1)c1ccc(OC)c(Br)c1OC. The fraction of sp³-hybridized carbons (Fsp3) is 0.312. The topological polar surface area (TPSA) is 43.4 Å². The molecule has 112 valence electrons. The minimum absolute atomic E-state index is 0.0372. The molecule has 1 N–H and O–H groups in total. The van der Waals surface area contributed by atoms with Gasteiger partial charge >= 0.3 is 0 Å². The quantitative estimate of drug-likeness (QED) is 0.864. The average molecular weight is 351 g/mol. The highest BCUT2D eigenvalue weighted by Gasteiger charge is 2.21. The van der Waals surface area contributed by atoms with Crippen LogP contribution < -0.4 is 14.8 Å². The number of halogens is 1. The number of hydrogen-bond acceptors (Lipinski definition) is 4. The summed E-state index contributed by atoms with van der Waals surface area (Å²) in [6, 6.07) is 8.01. The average Bonchev–Trinajstić information content (AvgIpc) is 2.53. The largest absolute Gasteiger partial charge is 0.495 e. The van der Waals surface area contributed by atoms with Crippen LogP contribution in [0.25, 0.3) is 0 Å². The van der Waals surface area contributed by atoms with Crippen molar-refractivity contribution in [2.75, 3.05) is 20.8 Å². The van der Waals surface area contributed by atoms with Crippen molar-refractivity contribution in [2.24, 2.45) is 0 Å². The first kappa shape index (κ1) is 15.8. The summed E-state index contributed by atoms with van der Waals surface area (Å²) in [5, 5.41) is 3.49. The van der Waals surface area contributed by atoms with Crippen molar-refractivity contribution in [2.45, 2.75) is 13.0 Å². The Morgan fingerprint density at radius 2 is 1.86 bits per heavy atom. The van der Waals surface area contributed by atoms with Gasteiger partial charge in [-0.25, -0.2) is 0 Å². The minimum Gasteiger partial charge on any atom is -0.495 e. The molecular weight excluding hydrogens is 332 g/mol. The van der Waals surface area contributed by atoms with Crippen molar-refractivity contribution in [1.29, 1.82) is 0 Å². The van der Waals surface area contributed by atoms with Crippen LogP contribution >= 0.6 is 15.9 Å². The molecule has 1 heterocycles. The standard InChI is InChI=1S/C16H19BrN2O2/c1-4-19-15(11-7-9-18-10-8-11)12-5-6-13(20-2)14(17)16(12)21-3/h5-10,15,19H,4H2,1-3H3. The van der Waals surface area contributed by atoms with Gasteiger partial charge in [0.15, 0.2) is 0 Å².